The van der Waals surface area contributed by atoms with Crippen molar-refractivity contribution in [3.8, 4) is 0 Å². The molecular formula is C15H20N2O3. The summed E-state index contributed by atoms with van der Waals surface area (Å²) in [6.45, 7) is 1.56. The first-order chi connectivity index (χ1) is 9.79. The minimum absolute atomic E-state index is 0.307. The van der Waals surface area contributed by atoms with E-state index < -0.39 is 0 Å². The lowest BCUT2D eigenvalue weighted by Crippen LogP contribution is -2.53. The van der Waals surface area contributed by atoms with Gasteiger partial charge in [-0.1, -0.05) is 12.8 Å². The topological polar surface area (TPSA) is 51.7 Å². The van der Waals surface area contributed by atoms with Crippen molar-refractivity contribution in [2.75, 3.05) is 25.2 Å². The van der Waals surface area contributed by atoms with Crippen LogP contribution in [-0.2, 0) is 9.47 Å². The third-order valence-electron chi connectivity index (χ3n) is 4.19. The number of ether oxygens (including phenoxy) is 2. The highest BCUT2D eigenvalue weighted by atomic mass is 16.5. The lowest BCUT2D eigenvalue weighted by molar-refractivity contribution is -0.00899. The van der Waals surface area contributed by atoms with E-state index in [0.29, 0.717) is 17.7 Å². The molecule has 2 fully saturated rings. The number of carbonyl (C=O) groups excluding carboxylic acids is 1. The van der Waals surface area contributed by atoms with E-state index in [2.05, 4.69) is 9.88 Å². The molecule has 5 heteroatoms. The summed E-state index contributed by atoms with van der Waals surface area (Å²) in [5.41, 5.74) is 0.552. The van der Waals surface area contributed by atoms with E-state index >= 15 is 0 Å². The molecular weight excluding hydrogens is 256 g/mol. The average Bonchev–Trinajstić information content (AvgIpc) is 2.53. The fraction of sp³-hybridized carbons (Fsp3) is 0.600. The molecule has 1 saturated heterocycles. The highest BCUT2D eigenvalue weighted by molar-refractivity contribution is 5.90. The summed E-state index contributed by atoms with van der Waals surface area (Å²) in [5, 5.41) is 0. The standard InChI is InChI=1S/C15H20N2O3/c1-19-15(18)11-6-7-16-14(10-11)17-8-9-20-13-5-3-2-4-12(13)17/h6-7,10,12-13H,2-5,8-9H2,1H3. The van der Waals surface area contributed by atoms with Crippen molar-refractivity contribution < 1.29 is 14.3 Å². The molecule has 2 atom stereocenters. The predicted molar refractivity (Wildman–Crippen MR) is 74.9 cm³/mol. The van der Waals surface area contributed by atoms with E-state index in [0.717, 1.165) is 31.8 Å². The number of aromatic nitrogens is 1. The molecule has 5 nitrogen and oxygen atoms in total. The Hall–Kier alpha value is -1.62. The van der Waals surface area contributed by atoms with E-state index in [-0.39, 0.29) is 5.97 Å². The Morgan fingerprint density at radius 3 is 3.15 bits per heavy atom. The van der Waals surface area contributed by atoms with Crippen molar-refractivity contribution in [3.63, 3.8) is 0 Å². The van der Waals surface area contributed by atoms with E-state index in [1.54, 1.807) is 12.3 Å². The molecule has 1 aliphatic carbocycles. The van der Waals surface area contributed by atoms with E-state index in [1.807, 2.05) is 6.07 Å². The molecule has 1 aromatic heterocycles. The van der Waals surface area contributed by atoms with Gasteiger partial charge in [-0.15, -0.1) is 0 Å². The van der Waals surface area contributed by atoms with Crippen molar-refractivity contribution in [3.05, 3.63) is 23.9 Å². The van der Waals surface area contributed by atoms with Gasteiger partial charge in [0.05, 0.1) is 31.4 Å². The van der Waals surface area contributed by atoms with Gasteiger partial charge >= 0.3 is 5.97 Å². The molecule has 1 saturated carbocycles. The molecule has 1 aliphatic heterocycles. The SMILES string of the molecule is COC(=O)c1ccnc(N2CCOC3CCCCC32)c1. The number of hydrogen-bond acceptors (Lipinski definition) is 5. The fourth-order valence-corrected chi connectivity index (χ4v) is 3.20. The quantitative estimate of drug-likeness (QED) is 0.773. The zero-order chi connectivity index (χ0) is 13.9. The number of carbonyl (C=O) groups is 1. The molecule has 1 aromatic rings. The molecule has 2 unspecified atom stereocenters. The van der Waals surface area contributed by atoms with Gasteiger partial charge < -0.3 is 14.4 Å². The second-order valence-electron chi connectivity index (χ2n) is 5.35. The number of anilines is 1. The molecule has 108 valence electrons. The molecule has 0 spiro atoms. The van der Waals surface area contributed by atoms with Crippen LogP contribution < -0.4 is 4.90 Å². The van der Waals surface area contributed by atoms with Gasteiger partial charge in [0.1, 0.15) is 5.82 Å². The third-order valence-corrected chi connectivity index (χ3v) is 4.19. The van der Waals surface area contributed by atoms with Gasteiger partial charge in [-0.3, -0.25) is 0 Å². The number of pyridine rings is 1. The van der Waals surface area contributed by atoms with Crippen LogP contribution in [0, 0.1) is 0 Å². The summed E-state index contributed by atoms with van der Waals surface area (Å²) in [6.07, 6.45) is 6.71. The van der Waals surface area contributed by atoms with Crippen LogP contribution >= 0.6 is 0 Å². The summed E-state index contributed by atoms with van der Waals surface area (Å²) in [6, 6.07) is 3.90. The number of esters is 1. The van der Waals surface area contributed by atoms with Crippen LogP contribution in [-0.4, -0.2) is 43.4 Å². The number of methoxy groups -OCH3 is 1. The molecule has 0 amide bonds. The Bertz CT molecular complexity index is 490. The van der Waals surface area contributed by atoms with Gasteiger partial charge in [-0.25, -0.2) is 9.78 Å². The lowest BCUT2D eigenvalue weighted by atomic mass is 9.90. The second-order valence-corrected chi connectivity index (χ2v) is 5.35. The minimum Gasteiger partial charge on any atom is -0.465 e. The first-order valence-corrected chi connectivity index (χ1v) is 7.22. The van der Waals surface area contributed by atoms with Crippen LogP contribution in [0.1, 0.15) is 36.0 Å². The number of rotatable bonds is 2. The van der Waals surface area contributed by atoms with Crippen LogP contribution in [0.4, 0.5) is 5.82 Å². The summed E-state index contributed by atoms with van der Waals surface area (Å²) in [7, 11) is 1.40. The van der Waals surface area contributed by atoms with Crippen LogP contribution in [0.15, 0.2) is 18.3 Å². The molecule has 2 aliphatic rings. The molecule has 0 aromatic carbocycles. The van der Waals surface area contributed by atoms with E-state index in [4.69, 9.17) is 9.47 Å². The fourth-order valence-electron chi connectivity index (χ4n) is 3.20. The van der Waals surface area contributed by atoms with Crippen molar-refractivity contribution >= 4 is 11.8 Å². The second kappa shape index (κ2) is 5.79. The number of hydrogen-bond donors (Lipinski definition) is 0. The number of morpholine rings is 1. The summed E-state index contributed by atoms with van der Waals surface area (Å²) >= 11 is 0. The molecule has 0 bridgehead atoms. The first-order valence-electron chi connectivity index (χ1n) is 7.22. The van der Waals surface area contributed by atoms with Gasteiger partial charge in [-0.05, 0) is 25.0 Å². The maximum Gasteiger partial charge on any atom is 0.338 e. The number of nitrogens with zero attached hydrogens (tertiary/aromatic N) is 2. The summed E-state index contributed by atoms with van der Waals surface area (Å²) in [5.74, 6) is 0.537. The van der Waals surface area contributed by atoms with E-state index in [9.17, 15) is 4.79 Å². The Labute approximate surface area is 118 Å². The van der Waals surface area contributed by atoms with E-state index in [1.165, 1.54) is 20.0 Å². The van der Waals surface area contributed by atoms with Gasteiger partial charge in [-0.2, -0.15) is 0 Å². The summed E-state index contributed by atoms with van der Waals surface area (Å²) in [4.78, 5) is 18.4. The van der Waals surface area contributed by atoms with Crippen LogP contribution in [0.2, 0.25) is 0 Å². The van der Waals surface area contributed by atoms with Gasteiger partial charge in [0.2, 0.25) is 0 Å². The van der Waals surface area contributed by atoms with Crippen LogP contribution in [0.3, 0.4) is 0 Å². The molecule has 0 radical (unpaired) electrons. The molecule has 3 rings (SSSR count). The predicted octanol–water partition coefficient (Wildman–Crippen LogP) is 2.02. The minimum atomic E-state index is -0.317. The number of fused-ring (bicyclic) bond motifs is 1. The smallest absolute Gasteiger partial charge is 0.338 e. The highest BCUT2D eigenvalue weighted by Gasteiger charge is 2.34. The Morgan fingerprint density at radius 2 is 2.30 bits per heavy atom. The first kappa shape index (κ1) is 13.4. The molecule has 0 N–H and O–H groups in total. The zero-order valence-electron chi connectivity index (χ0n) is 11.7. The zero-order valence-corrected chi connectivity index (χ0v) is 11.7. The molecule has 2 heterocycles. The lowest BCUT2D eigenvalue weighted by Gasteiger charge is -2.44. The Kier molecular flexibility index (Phi) is 3.87. The molecule has 20 heavy (non-hydrogen) atoms. The third kappa shape index (κ3) is 2.50. The average molecular weight is 276 g/mol. The van der Waals surface area contributed by atoms with Crippen molar-refractivity contribution in [2.45, 2.75) is 37.8 Å². The van der Waals surface area contributed by atoms with Crippen molar-refractivity contribution in [1.82, 2.24) is 4.98 Å². The largest absolute Gasteiger partial charge is 0.465 e. The maximum atomic E-state index is 11.6. The van der Waals surface area contributed by atoms with Crippen molar-refractivity contribution in [2.24, 2.45) is 0 Å². The Balaban J connectivity index is 1.85. The maximum absolute atomic E-state index is 11.6. The Morgan fingerprint density at radius 1 is 1.45 bits per heavy atom. The highest BCUT2D eigenvalue weighted by Crippen LogP contribution is 2.31. The van der Waals surface area contributed by atoms with Crippen LogP contribution in [0.5, 0.6) is 0 Å². The van der Waals surface area contributed by atoms with Crippen LogP contribution in [0.25, 0.3) is 0 Å². The monoisotopic (exact) mass is 276 g/mol. The van der Waals surface area contributed by atoms with Gasteiger partial charge in [0.25, 0.3) is 0 Å². The van der Waals surface area contributed by atoms with Crippen molar-refractivity contribution in [1.29, 1.82) is 0 Å². The van der Waals surface area contributed by atoms with Gasteiger partial charge in [0.15, 0.2) is 0 Å². The summed E-state index contributed by atoms with van der Waals surface area (Å²) < 4.78 is 10.6. The van der Waals surface area contributed by atoms with Gasteiger partial charge in [0, 0.05) is 12.7 Å². The normalized spacial score (nSPS) is 25.9.